The summed E-state index contributed by atoms with van der Waals surface area (Å²) in [5.41, 5.74) is -0.858. The molecular weight excluding hydrogens is 346 g/mol. The maximum absolute atomic E-state index is 13.1. The second-order valence-electron chi connectivity index (χ2n) is 8.43. The van der Waals surface area contributed by atoms with Gasteiger partial charge in [-0.2, -0.15) is 0 Å². The molecule has 0 unspecified atom stereocenters. The zero-order valence-electron chi connectivity index (χ0n) is 14.5. The van der Waals surface area contributed by atoms with Gasteiger partial charge in [-0.25, -0.2) is 12.7 Å². The van der Waals surface area contributed by atoms with E-state index < -0.39 is 15.4 Å². The van der Waals surface area contributed by atoms with Crippen LogP contribution in [0.1, 0.15) is 46.0 Å². The van der Waals surface area contributed by atoms with E-state index in [1.807, 2.05) is 11.8 Å². The summed E-state index contributed by atoms with van der Waals surface area (Å²) in [6.07, 6.45) is 3.80. The van der Waals surface area contributed by atoms with Crippen LogP contribution in [-0.4, -0.2) is 54.6 Å². The Morgan fingerprint density at radius 2 is 1.96 bits per heavy atom. The van der Waals surface area contributed by atoms with Crippen LogP contribution in [0, 0.1) is 16.7 Å². The monoisotopic (exact) mass is 373 g/mol. The van der Waals surface area contributed by atoms with Crippen molar-refractivity contribution in [3.8, 4) is 0 Å². The second kappa shape index (κ2) is 5.44. The van der Waals surface area contributed by atoms with Crippen molar-refractivity contribution in [1.82, 2.24) is 4.31 Å². The SMILES string of the molecule is CC1(C)[C@H]2CC[C@@]1(CS(=O)(=O)N1CCC3(CC1)OCCS3)C(=O)C2. The summed E-state index contributed by atoms with van der Waals surface area (Å²) in [5, 5.41) is 0. The molecule has 2 heterocycles. The van der Waals surface area contributed by atoms with E-state index in [0.29, 0.717) is 25.4 Å². The summed E-state index contributed by atoms with van der Waals surface area (Å²) in [4.78, 5) is 12.5. The highest BCUT2D eigenvalue weighted by Crippen LogP contribution is 2.64. The third-order valence-corrected chi connectivity index (χ3v) is 10.7. The molecule has 24 heavy (non-hydrogen) atoms. The Hall–Kier alpha value is -0.110. The molecule has 136 valence electrons. The first kappa shape index (κ1) is 17.3. The second-order valence-corrected chi connectivity index (χ2v) is 11.8. The topological polar surface area (TPSA) is 63.7 Å². The van der Waals surface area contributed by atoms with Crippen LogP contribution in [0.5, 0.6) is 0 Å². The quantitative estimate of drug-likeness (QED) is 0.759. The number of rotatable bonds is 3. The van der Waals surface area contributed by atoms with Gasteiger partial charge in [-0.15, -0.1) is 11.8 Å². The molecule has 2 atom stereocenters. The molecule has 0 amide bonds. The number of nitrogens with zero attached hydrogens (tertiary/aromatic N) is 1. The minimum Gasteiger partial charge on any atom is -0.363 e. The molecule has 0 N–H and O–H groups in total. The summed E-state index contributed by atoms with van der Waals surface area (Å²) in [5.74, 6) is 1.53. The van der Waals surface area contributed by atoms with Crippen LogP contribution in [0.3, 0.4) is 0 Å². The van der Waals surface area contributed by atoms with Gasteiger partial charge in [0.1, 0.15) is 10.7 Å². The van der Waals surface area contributed by atoms with Gasteiger partial charge < -0.3 is 4.74 Å². The van der Waals surface area contributed by atoms with Crippen molar-refractivity contribution in [1.29, 1.82) is 0 Å². The number of ketones is 1. The van der Waals surface area contributed by atoms with Crippen LogP contribution >= 0.6 is 11.8 Å². The van der Waals surface area contributed by atoms with Crippen LogP contribution < -0.4 is 0 Å². The molecule has 2 aliphatic heterocycles. The summed E-state index contributed by atoms with van der Waals surface area (Å²) >= 11 is 1.82. The zero-order valence-corrected chi connectivity index (χ0v) is 16.2. The van der Waals surface area contributed by atoms with Gasteiger partial charge in [0.15, 0.2) is 0 Å². The van der Waals surface area contributed by atoms with Gasteiger partial charge in [0.25, 0.3) is 0 Å². The Labute approximate surface area is 148 Å². The zero-order chi connectivity index (χ0) is 17.2. The van der Waals surface area contributed by atoms with Crippen molar-refractivity contribution in [2.24, 2.45) is 16.7 Å². The fourth-order valence-electron chi connectivity index (χ4n) is 5.40. The lowest BCUT2D eigenvalue weighted by molar-refractivity contribution is -0.128. The number of carbonyl (C=O) groups excluding carboxylic acids is 1. The molecule has 5 nitrogen and oxygen atoms in total. The van der Waals surface area contributed by atoms with E-state index in [9.17, 15) is 13.2 Å². The summed E-state index contributed by atoms with van der Waals surface area (Å²) < 4.78 is 33.7. The van der Waals surface area contributed by atoms with Gasteiger partial charge in [0.2, 0.25) is 10.0 Å². The van der Waals surface area contributed by atoms with Crippen LogP contribution in [0.25, 0.3) is 0 Å². The number of ether oxygens (including phenoxy) is 1. The van der Waals surface area contributed by atoms with Gasteiger partial charge in [0.05, 0.1) is 12.4 Å². The minimum absolute atomic E-state index is 0.00331. The number of hydrogen-bond donors (Lipinski definition) is 0. The number of thioether (sulfide) groups is 1. The average molecular weight is 374 g/mol. The molecule has 2 saturated heterocycles. The Morgan fingerprint density at radius 1 is 1.25 bits per heavy atom. The molecule has 4 aliphatic rings. The molecule has 4 fully saturated rings. The van der Waals surface area contributed by atoms with E-state index in [0.717, 1.165) is 38.0 Å². The standard InChI is InChI=1S/C17H27NO4S2/c1-15(2)13-3-4-16(15,14(19)11-13)12-24(20,21)18-7-5-17(6-8-18)22-9-10-23-17/h13H,3-12H2,1-2H3/t13-,16+/m0/s1. The minimum atomic E-state index is -3.41. The van der Waals surface area contributed by atoms with Crippen LogP contribution in [0.15, 0.2) is 0 Å². The van der Waals surface area contributed by atoms with Crippen LogP contribution in [0.4, 0.5) is 0 Å². The molecular formula is C17H27NO4S2. The average Bonchev–Trinajstić information content (AvgIpc) is 3.11. The van der Waals surface area contributed by atoms with Gasteiger partial charge in [0, 0.05) is 30.7 Å². The first-order valence-electron chi connectivity index (χ1n) is 9.00. The third-order valence-electron chi connectivity index (χ3n) is 7.26. The first-order valence-corrected chi connectivity index (χ1v) is 11.6. The Morgan fingerprint density at radius 3 is 2.46 bits per heavy atom. The molecule has 2 saturated carbocycles. The maximum atomic E-state index is 13.1. The number of carbonyl (C=O) groups is 1. The maximum Gasteiger partial charge on any atom is 0.215 e. The molecule has 0 aromatic carbocycles. The highest BCUT2D eigenvalue weighted by atomic mass is 32.2. The fraction of sp³-hybridized carbons (Fsp3) is 0.941. The molecule has 2 aliphatic carbocycles. The van der Waals surface area contributed by atoms with Crippen molar-refractivity contribution < 1.29 is 17.9 Å². The summed E-state index contributed by atoms with van der Waals surface area (Å²) in [6.45, 7) is 6.00. The predicted octanol–water partition coefficient (Wildman–Crippen LogP) is 2.27. The predicted molar refractivity (Wildman–Crippen MR) is 94.3 cm³/mol. The number of sulfonamides is 1. The fourth-order valence-corrected chi connectivity index (χ4v) is 8.80. The lowest BCUT2D eigenvalue weighted by Gasteiger charge is -2.40. The number of Topliss-reactive ketones (excluding diaryl/α,β-unsaturated/α-hetero) is 1. The Bertz CT molecular complexity index is 644. The van der Waals surface area contributed by atoms with E-state index in [4.69, 9.17) is 4.74 Å². The largest absolute Gasteiger partial charge is 0.363 e. The van der Waals surface area contributed by atoms with E-state index in [2.05, 4.69) is 13.8 Å². The van der Waals surface area contributed by atoms with Crippen molar-refractivity contribution in [2.75, 3.05) is 31.2 Å². The number of hydrogen-bond acceptors (Lipinski definition) is 5. The van der Waals surface area contributed by atoms with E-state index in [-0.39, 0.29) is 21.9 Å². The number of piperidine rings is 1. The lowest BCUT2D eigenvalue weighted by atomic mass is 9.70. The molecule has 0 aromatic heterocycles. The van der Waals surface area contributed by atoms with Gasteiger partial charge in [-0.1, -0.05) is 13.8 Å². The highest BCUT2D eigenvalue weighted by Gasteiger charge is 2.65. The number of fused-ring (bicyclic) bond motifs is 2. The highest BCUT2D eigenvalue weighted by molar-refractivity contribution is 8.00. The first-order chi connectivity index (χ1) is 11.2. The lowest BCUT2D eigenvalue weighted by Crippen LogP contribution is -2.50. The summed E-state index contributed by atoms with van der Waals surface area (Å²) in [6, 6.07) is 0. The van der Waals surface area contributed by atoms with Crippen molar-refractivity contribution >= 4 is 27.6 Å². The van der Waals surface area contributed by atoms with Crippen molar-refractivity contribution in [2.45, 2.75) is 50.9 Å². The van der Waals surface area contributed by atoms with E-state index >= 15 is 0 Å². The van der Waals surface area contributed by atoms with Crippen molar-refractivity contribution in [3.63, 3.8) is 0 Å². The van der Waals surface area contributed by atoms with E-state index in [1.165, 1.54) is 0 Å². The normalized spacial score (nSPS) is 38.2. The molecule has 0 aromatic rings. The van der Waals surface area contributed by atoms with Crippen LogP contribution in [0.2, 0.25) is 0 Å². The summed E-state index contributed by atoms with van der Waals surface area (Å²) in [7, 11) is -3.41. The molecule has 4 rings (SSSR count). The third kappa shape index (κ3) is 2.34. The van der Waals surface area contributed by atoms with Gasteiger partial charge >= 0.3 is 0 Å². The Kier molecular flexibility index (Phi) is 3.93. The molecule has 7 heteroatoms. The van der Waals surface area contributed by atoms with Crippen molar-refractivity contribution in [3.05, 3.63) is 0 Å². The Balaban J connectivity index is 1.51. The van der Waals surface area contributed by atoms with Crippen LogP contribution in [-0.2, 0) is 19.6 Å². The van der Waals surface area contributed by atoms with Gasteiger partial charge in [-0.05, 0) is 37.0 Å². The molecule has 2 bridgehead atoms. The molecule has 0 radical (unpaired) electrons. The smallest absolute Gasteiger partial charge is 0.215 e. The van der Waals surface area contributed by atoms with E-state index in [1.54, 1.807) is 4.31 Å². The molecule has 1 spiro atoms. The van der Waals surface area contributed by atoms with Gasteiger partial charge in [-0.3, -0.25) is 4.79 Å².